The van der Waals surface area contributed by atoms with Crippen LogP contribution in [0.2, 0.25) is 0 Å². The van der Waals surface area contributed by atoms with E-state index in [1.165, 1.54) is 270 Å². The molecule has 8 atom stereocenters. The molecule has 544 valence electrons. The van der Waals surface area contributed by atoms with Crippen LogP contribution in [0.15, 0.2) is 60.8 Å². The summed E-state index contributed by atoms with van der Waals surface area (Å²) >= 11 is 0. The number of amides is 1. The SMILES string of the molecule is CCCCC/C=C\C/C=C\CCCCCCCCCCCCCCCCCCCC(=O)OC1C(OCC(NC(=O)C(O)CCCCCCCCCCCCCCCCCC/C=C\C/C=C\CCCCC)C(O)/C=C/CCCCCCCCCCC)OC(CO)C(O)C1O. The predicted octanol–water partition coefficient (Wildman–Crippen LogP) is 21.6. The summed E-state index contributed by atoms with van der Waals surface area (Å²) < 4.78 is 17.8. The lowest BCUT2D eigenvalue weighted by atomic mass is 9.99. The Morgan fingerprint density at radius 2 is 0.742 bits per heavy atom. The van der Waals surface area contributed by atoms with Gasteiger partial charge in [-0.05, 0) is 89.9 Å². The van der Waals surface area contributed by atoms with Gasteiger partial charge in [0.1, 0.15) is 24.4 Å². The second-order valence-electron chi connectivity index (χ2n) is 27.8. The maximum Gasteiger partial charge on any atom is 0.306 e. The zero-order chi connectivity index (χ0) is 67.4. The number of hydrogen-bond donors (Lipinski definition) is 6. The molecule has 0 radical (unpaired) electrons. The topological polar surface area (TPSA) is 175 Å². The molecule has 1 fully saturated rings. The second kappa shape index (κ2) is 69.3. The minimum atomic E-state index is -1.61. The number of carbonyl (C=O) groups is 2. The van der Waals surface area contributed by atoms with Crippen molar-refractivity contribution in [2.75, 3.05) is 13.2 Å². The van der Waals surface area contributed by atoms with Gasteiger partial charge < -0.3 is 45.1 Å². The molecule has 0 bridgehead atoms. The molecular formula is C82H151NO10. The number of ether oxygens (including phenoxy) is 3. The molecule has 1 rings (SSSR count). The standard InChI is InChI=1S/C82H151NO10/c1-4-7-10-13-16-19-22-24-26-28-30-32-34-36-38-40-42-44-46-48-50-52-55-58-61-64-67-70-77(87)93-80-79(89)78(88)76(71-84)92-82(80)91-72-73(74(85)68-65-62-59-56-53-21-18-15-12-9-6-3)83-81(90)75(86)69-66-63-60-57-54-51-49-47-45-43-41-39-37-35-33-31-29-27-25-23-20-17-14-11-8-5-2/h16-17,19-20,24-27,65,68,73-76,78-80,82,84-86,88-89H,4-15,18,21-23,28-64,66-67,69-72H2,1-3H3,(H,83,90)/b19-16-,20-17-,26-24-,27-25-,68-65+. The molecule has 93 heavy (non-hydrogen) atoms. The van der Waals surface area contributed by atoms with E-state index in [2.05, 4.69) is 74.7 Å². The highest BCUT2D eigenvalue weighted by atomic mass is 16.7. The van der Waals surface area contributed by atoms with Gasteiger partial charge in [0, 0.05) is 6.42 Å². The number of nitrogens with one attached hydrogen (secondary N) is 1. The molecule has 0 aliphatic carbocycles. The van der Waals surface area contributed by atoms with E-state index in [-0.39, 0.29) is 13.0 Å². The van der Waals surface area contributed by atoms with Crippen LogP contribution in [0.4, 0.5) is 0 Å². The Labute approximate surface area is 573 Å². The molecular weight excluding hydrogens is 1160 g/mol. The summed E-state index contributed by atoms with van der Waals surface area (Å²) in [6.45, 7) is 5.80. The fourth-order valence-electron chi connectivity index (χ4n) is 12.6. The van der Waals surface area contributed by atoms with Crippen LogP contribution < -0.4 is 5.32 Å². The van der Waals surface area contributed by atoms with Crippen LogP contribution >= 0.6 is 0 Å². The monoisotopic (exact) mass is 1310 g/mol. The van der Waals surface area contributed by atoms with Crippen molar-refractivity contribution in [2.45, 2.75) is 436 Å². The predicted molar refractivity (Wildman–Crippen MR) is 393 cm³/mol. The highest BCUT2D eigenvalue weighted by Crippen LogP contribution is 2.27. The third kappa shape index (κ3) is 56.0. The van der Waals surface area contributed by atoms with Crippen LogP contribution in [-0.2, 0) is 23.8 Å². The van der Waals surface area contributed by atoms with E-state index >= 15 is 0 Å². The largest absolute Gasteiger partial charge is 0.454 e. The molecule has 1 saturated heterocycles. The first-order valence-electron chi connectivity index (χ1n) is 40.1. The number of hydrogen-bond acceptors (Lipinski definition) is 10. The number of aliphatic hydroxyl groups is 5. The maximum atomic E-state index is 13.5. The summed E-state index contributed by atoms with van der Waals surface area (Å²) in [7, 11) is 0. The fraction of sp³-hybridized carbons (Fsp3) is 0.854. The zero-order valence-corrected chi connectivity index (χ0v) is 60.9. The average Bonchev–Trinajstić information content (AvgIpc) is 0.842. The number of unbranched alkanes of at least 4 members (excludes halogenated alkanes) is 48. The third-order valence-corrected chi connectivity index (χ3v) is 18.9. The van der Waals surface area contributed by atoms with Gasteiger partial charge in [0.25, 0.3) is 0 Å². The van der Waals surface area contributed by atoms with Gasteiger partial charge >= 0.3 is 5.97 Å². The van der Waals surface area contributed by atoms with Gasteiger partial charge in [-0.2, -0.15) is 0 Å². The van der Waals surface area contributed by atoms with E-state index in [4.69, 9.17) is 14.2 Å². The van der Waals surface area contributed by atoms with Crippen molar-refractivity contribution >= 4 is 11.9 Å². The van der Waals surface area contributed by atoms with Crippen molar-refractivity contribution in [1.82, 2.24) is 5.32 Å². The first kappa shape index (κ1) is 88.4. The summed E-state index contributed by atoms with van der Waals surface area (Å²) in [5.74, 6) is -1.18. The second-order valence-corrected chi connectivity index (χ2v) is 27.8. The Morgan fingerprint density at radius 1 is 0.419 bits per heavy atom. The zero-order valence-electron chi connectivity index (χ0n) is 60.9. The van der Waals surface area contributed by atoms with Crippen molar-refractivity contribution in [3.05, 3.63) is 60.8 Å². The van der Waals surface area contributed by atoms with Crippen molar-refractivity contribution in [3.8, 4) is 0 Å². The Balaban J connectivity index is 2.45. The fourth-order valence-corrected chi connectivity index (χ4v) is 12.6. The highest BCUT2D eigenvalue weighted by molar-refractivity contribution is 5.80. The van der Waals surface area contributed by atoms with Gasteiger partial charge in [-0.15, -0.1) is 0 Å². The lowest BCUT2D eigenvalue weighted by Crippen LogP contribution is -2.61. The quantitative estimate of drug-likeness (QED) is 0.0195. The van der Waals surface area contributed by atoms with Gasteiger partial charge in [-0.1, -0.05) is 351 Å². The molecule has 1 aliphatic heterocycles. The van der Waals surface area contributed by atoms with Gasteiger partial charge in [0.15, 0.2) is 12.4 Å². The normalized spacial score (nSPS) is 18.1. The summed E-state index contributed by atoms with van der Waals surface area (Å²) in [6, 6.07) is -1.02. The molecule has 0 aromatic carbocycles. The first-order chi connectivity index (χ1) is 45.7. The smallest absolute Gasteiger partial charge is 0.306 e. The number of aliphatic hydroxyl groups excluding tert-OH is 5. The summed E-state index contributed by atoms with van der Waals surface area (Å²) in [4.78, 5) is 26.8. The molecule has 0 saturated carbocycles. The third-order valence-electron chi connectivity index (χ3n) is 18.9. The summed E-state index contributed by atoms with van der Waals surface area (Å²) in [5, 5.41) is 57.4. The minimum Gasteiger partial charge on any atom is -0.454 e. The van der Waals surface area contributed by atoms with E-state index in [0.717, 1.165) is 70.6 Å². The lowest BCUT2D eigenvalue weighted by molar-refractivity contribution is -0.305. The van der Waals surface area contributed by atoms with Crippen molar-refractivity contribution in [3.63, 3.8) is 0 Å². The molecule has 0 spiro atoms. The highest BCUT2D eigenvalue weighted by Gasteiger charge is 2.47. The van der Waals surface area contributed by atoms with Gasteiger partial charge in [-0.3, -0.25) is 9.59 Å². The van der Waals surface area contributed by atoms with Crippen LogP contribution in [0.3, 0.4) is 0 Å². The number of esters is 1. The minimum absolute atomic E-state index is 0.126. The number of rotatable bonds is 70. The van der Waals surface area contributed by atoms with Gasteiger partial charge in [0.05, 0.1) is 25.4 Å². The van der Waals surface area contributed by atoms with E-state index in [1.807, 2.05) is 6.08 Å². The molecule has 1 amide bonds. The summed E-state index contributed by atoms with van der Waals surface area (Å²) in [5.41, 5.74) is 0. The van der Waals surface area contributed by atoms with Crippen LogP contribution in [-0.4, -0.2) is 99.6 Å². The van der Waals surface area contributed by atoms with E-state index < -0.39 is 67.4 Å². The van der Waals surface area contributed by atoms with Crippen molar-refractivity contribution in [1.29, 1.82) is 0 Å². The van der Waals surface area contributed by atoms with Gasteiger partial charge in [-0.25, -0.2) is 0 Å². The van der Waals surface area contributed by atoms with Crippen molar-refractivity contribution in [2.24, 2.45) is 0 Å². The average molecular weight is 1310 g/mol. The summed E-state index contributed by atoms with van der Waals surface area (Å²) in [6.07, 6.45) is 80.0. The molecule has 0 aromatic rings. The Morgan fingerprint density at radius 3 is 1.12 bits per heavy atom. The maximum absolute atomic E-state index is 13.5. The molecule has 11 heteroatoms. The van der Waals surface area contributed by atoms with Crippen LogP contribution in [0.25, 0.3) is 0 Å². The lowest BCUT2D eigenvalue weighted by Gasteiger charge is -2.41. The first-order valence-corrected chi connectivity index (χ1v) is 40.1. The molecule has 8 unspecified atom stereocenters. The Kier molecular flexibility index (Phi) is 65.8. The Bertz CT molecular complexity index is 1750. The van der Waals surface area contributed by atoms with Crippen LogP contribution in [0, 0.1) is 0 Å². The number of carbonyl (C=O) groups excluding carboxylic acids is 2. The van der Waals surface area contributed by atoms with E-state index in [1.54, 1.807) is 6.08 Å². The Hall–Kier alpha value is -2.64. The molecule has 11 nitrogen and oxygen atoms in total. The number of allylic oxidation sites excluding steroid dienone is 9. The molecule has 0 aromatic heterocycles. The molecule has 1 heterocycles. The van der Waals surface area contributed by atoms with Crippen LogP contribution in [0.1, 0.15) is 387 Å². The van der Waals surface area contributed by atoms with E-state index in [9.17, 15) is 35.1 Å². The van der Waals surface area contributed by atoms with E-state index in [0.29, 0.717) is 19.3 Å². The van der Waals surface area contributed by atoms with Gasteiger partial charge in [0.2, 0.25) is 5.91 Å². The molecule has 1 aliphatic rings. The molecule has 6 N–H and O–H groups in total. The van der Waals surface area contributed by atoms with Crippen molar-refractivity contribution < 1.29 is 49.3 Å². The van der Waals surface area contributed by atoms with Crippen LogP contribution in [0.5, 0.6) is 0 Å².